The van der Waals surface area contributed by atoms with Gasteiger partial charge in [0.2, 0.25) is 0 Å². The van der Waals surface area contributed by atoms with Gasteiger partial charge < -0.3 is 10.6 Å². The molecule has 2 N–H and O–H groups in total. The fourth-order valence-corrected chi connectivity index (χ4v) is 2.10. The summed E-state index contributed by atoms with van der Waals surface area (Å²) in [6.45, 7) is 0.806. The molecule has 1 fully saturated rings. The molecule has 0 aromatic carbocycles. The number of hydrogen-bond acceptors (Lipinski definition) is 3. The third-order valence-electron chi connectivity index (χ3n) is 3.22. The van der Waals surface area contributed by atoms with E-state index in [1.54, 1.807) is 11.0 Å². The molecular weight excluding hydrogens is 238 g/mol. The van der Waals surface area contributed by atoms with Gasteiger partial charge in [0.15, 0.2) is 0 Å². The van der Waals surface area contributed by atoms with Crippen molar-refractivity contribution in [2.45, 2.75) is 19.3 Å². The Morgan fingerprint density at radius 1 is 1.65 bits per heavy atom. The van der Waals surface area contributed by atoms with Crippen LogP contribution in [0, 0.1) is 5.92 Å². The molecule has 1 aromatic rings. The number of nitrogens with zero attached hydrogens (tertiary/aromatic N) is 2. The van der Waals surface area contributed by atoms with Gasteiger partial charge in [-0.1, -0.05) is 18.0 Å². The van der Waals surface area contributed by atoms with E-state index in [4.69, 9.17) is 17.3 Å². The van der Waals surface area contributed by atoms with Gasteiger partial charge in [-0.25, -0.2) is 4.98 Å². The van der Waals surface area contributed by atoms with E-state index < -0.39 is 0 Å². The van der Waals surface area contributed by atoms with E-state index in [1.807, 2.05) is 7.05 Å². The van der Waals surface area contributed by atoms with Crippen LogP contribution in [0.2, 0.25) is 5.02 Å². The number of hydrogen-bond donors (Lipinski definition) is 1. The van der Waals surface area contributed by atoms with Crippen LogP contribution in [0.5, 0.6) is 0 Å². The van der Waals surface area contributed by atoms with Crippen molar-refractivity contribution in [1.82, 2.24) is 9.88 Å². The molecule has 0 radical (unpaired) electrons. The highest BCUT2D eigenvalue weighted by molar-refractivity contribution is 6.33. The van der Waals surface area contributed by atoms with Crippen LogP contribution < -0.4 is 5.73 Å². The molecule has 5 heteroatoms. The maximum atomic E-state index is 12.1. The van der Waals surface area contributed by atoms with Crippen molar-refractivity contribution < 1.29 is 4.79 Å². The van der Waals surface area contributed by atoms with Crippen molar-refractivity contribution in [2.75, 3.05) is 19.3 Å². The number of aromatic nitrogens is 1. The van der Waals surface area contributed by atoms with Crippen LogP contribution in [0.1, 0.15) is 29.6 Å². The van der Waals surface area contributed by atoms with Crippen molar-refractivity contribution in [3.8, 4) is 0 Å². The molecule has 1 heterocycles. The highest BCUT2D eigenvalue weighted by Crippen LogP contribution is 2.27. The molecule has 4 nitrogen and oxygen atoms in total. The topological polar surface area (TPSA) is 59.2 Å². The second-order valence-corrected chi connectivity index (χ2v) is 4.98. The average molecular weight is 254 g/mol. The third kappa shape index (κ3) is 2.69. The van der Waals surface area contributed by atoms with Crippen LogP contribution in [-0.2, 0) is 0 Å². The van der Waals surface area contributed by atoms with E-state index in [9.17, 15) is 4.79 Å². The second-order valence-electron chi connectivity index (χ2n) is 4.57. The summed E-state index contributed by atoms with van der Waals surface area (Å²) in [7, 11) is 1.81. The summed E-state index contributed by atoms with van der Waals surface area (Å²) in [6, 6.07) is 1.57. The summed E-state index contributed by atoms with van der Waals surface area (Å²) in [6.07, 6.45) is 5.19. The van der Waals surface area contributed by atoms with Crippen LogP contribution in [-0.4, -0.2) is 29.4 Å². The smallest absolute Gasteiger partial charge is 0.255 e. The highest BCUT2D eigenvalue weighted by atomic mass is 35.5. The van der Waals surface area contributed by atoms with Crippen LogP contribution in [0.15, 0.2) is 12.3 Å². The fourth-order valence-electron chi connectivity index (χ4n) is 1.93. The number of pyridine rings is 1. The highest BCUT2D eigenvalue weighted by Gasteiger charge is 2.22. The van der Waals surface area contributed by atoms with Crippen LogP contribution in [0.25, 0.3) is 0 Å². The predicted molar refractivity (Wildman–Crippen MR) is 68.0 cm³/mol. The summed E-state index contributed by atoms with van der Waals surface area (Å²) in [5.74, 6) is 0.859. The van der Waals surface area contributed by atoms with E-state index in [0.717, 1.165) is 6.54 Å². The number of halogens is 1. The number of anilines is 1. The first-order chi connectivity index (χ1) is 8.08. The first-order valence-corrected chi connectivity index (χ1v) is 6.12. The van der Waals surface area contributed by atoms with Crippen molar-refractivity contribution in [1.29, 1.82) is 0 Å². The van der Waals surface area contributed by atoms with Crippen LogP contribution in [0.3, 0.4) is 0 Å². The minimum absolute atomic E-state index is 0.0497. The lowest BCUT2D eigenvalue weighted by atomic mass is 9.85. The van der Waals surface area contributed by atoms with Gasteiger partial charge in [0.25, 0.3) is 5.91 Å². The largest absolute Gasteiger partial charge is 0.382 e. The molecule has 1 amide bonds. The van der Waals surface area contributed by atoms with Crippen LogP contribution in [0.4, 0.5) is 5.82 Å². The van der Waals surface area contributed by atoms with Gasteiger partial charge in [0, 0.05) is 19.8 Å². The van der Waals surface area contributed by atoms with Gasteiger partial charge >= 0.3 is 0 Å². The SMILES string of the molecule is CN(CC1CCC1)C(=O)c1cnc(N)c(Cl)c1. The van der Waals surface area contributed by atoms with Crippen molar-refractivity contribution >= 4 is 23.3 Å². The van der Waals surface area contributed by atoms with Gasteiger partial charge in [-0.3, -0.25) is 4.79 Å². The summed E-state index contributed by atoms with van der Waals surface area (Å²) >= 11 is 5.85. The number of rotatable bonds is 3. The Hall–Kier alpha value is -1.29. The molecule has 1 aliphatic carbocycles. The van der Waals surface area contributed by atoms with Gasteiger partial charge in [-0.15, -0.1) is 0 Å². The van der Waals surface area contributed by atoms with Gasteiger partial charge in [0.1, 0.15) is 5.82 Å². The lowest BCUT2D eigenvalue weighted by molar-refractivity contribution is 0.0745. The Balaban J connectivity index is 2.04. The zero-order valence-electron chi connectivity index (χ0n) is 9.82. The molecule has 0 aliphatic heterocycles. The Morgan fingerprint density at radius 3 is 2.88 bits per heavy atom. The molecular formula is C12H16ClN3O. The van der Waals surface area contributed by atoms with Gasteiger partial charge in [0.05, 0.1) is 10.6 Å². The molecule has 1 aliphatic rings. The number of carbonyl (C=O) groups is 1. The molecule has 1 aromatic heterocycles. The van der Waals surface area contributed by atoms with Crippen molar-refractivity contribution in [3.05, 3.63) is 22.8 Å². The monoisotopic (exact) mass is 253 g/mol. The maximum absolute atomic E-state index is 12.1. The first kappa shape index (κ1) is 12.2. The predicted octanol–water partition coefficient (Wildman–Crippen LogP) is 2.19. The van der Waals surface area contributed by atoms with Crippen molar-refractivity contribution in [2.24, 2.45) is 5.92 Å². The van der Waals surface area contributed by atoms with Gasteiger partial charge in [-0.2, -0.15) is 0 Å². The molecule has 0 spiro atoms. The van der Waals surface area contributed by atoms with E-state index >= 15 is 0 Å². The normalized spacial score (nSPS) is 15.4. The maximum Gasteiger partial charge on any atom is 0.255 e. The molecule has 17 heavy (non-hydrogen) atoms. The number of carbonyl (C=O) groups excluding carboxylic acids is 1. The minimum Gasteiger partial charge on any atom is -0.382 e. The Bertz CT molecular complexity index is 432. The number of nitrogen functional groups attached to an aromatic ring is 1. The van der Waals surface area contributed by atoms with E-state index in [2.05, 4.69) is 4.98 Å². The molecule has 92 valence electrons. The Morgan fingerprint density at radius 2 is 2.35 bits per heavy atom. The average Bonchev–Trinajstić information content (AvgIpc) is 2.26. The van der Waals surface area contributed by atoms with Gasteiger partial charge in [-0.05, 0) is 24.8 Å². The second kappa shape index (κ2) is 4.92. The first-order valence-electron chi connectivity index (χ1n) is 5.74. The Labute approximate surface area is 106 Å². The van der Waals surface area contributed by atoms with E-state index in [0.29, 0.717) is 16.5 Å². The van der Waals surface area contributed by atoms with Crippen molar-refractivity contribution in [3.63, 3.8) is 0 Å². The Kier molecular flexibility index (Phi) is 3.52. The quantitative estimate of drug-likeness (QED) is 0.898. The van der Waals surface area contributed by atoms with E-state index in [-0.39, 0.29) is 11.7 Å². The number of nitrogens with two attached hydrogens (primary N) is 1. The van der Waals surface area contributed by atoms with Crippen LogP contribution >= 0.6 is 11.6 Å². The lowest BCUT2D eigenvalue weighted by Gasteiger charge is -2.30. The summed E-state index contributed by atoms with van der Waals surface area (Å²) in [5.41, 5.74) is 6.00. The molecule has 1 saturated carbocycles. The molecule has 0 unspecified atom stereocenters. The summed E-state index contributed by atoms with van der Waals surface area (Å²) < 4.78 is 0. The lowest BCUT2D eigenvalue weighted by Crippen LogP contribution is -2.34. The molecule has 0 atom stereocenters. The summed E-state index contributed by atoms with van der Waals surface area (Å²) in [5, 5.41) is 0.327. The molecule has 0 bridgehead atoms. The molecule has 0 saturated heterocycles. The van der Waals surface area contributed by atoms with E-state index in [1.165, 1.54) is 25.5 Å². The summed E-state index contributed by atoms with van der Waals surface area (Å²) in [4.78, 5) is 17.7. The standard InChI is InChI=1S/C12H16ClN3O/c1-16(7-8-3-2-4-8)12(17)9-5-10(13)11(14)15-6-9/h5-6,8H,2-4,7H2,1H3,(H2,14,15). The fraction of sp³-hybridized carbons (Fsp3) is 0.500. The zero-order valence-corrected chi connectivity index (χ0v) is 10.6. The molecule has 2 rings (SSSR count). The zero-order chi connectivity index (χ0) is 12.4. The minimum atomic E-state index is -0.0497. The third-order valence-corrected chi connectivity index (χ3v) is 3.52. The number of amides is 1.